The molecule has 0 spiro atoms. The molecule has 3 nitrogen and oxygen atoms in total. The van der Waals surface area contributed by atoms with Gasteiger partial charge in [0.15, 0.2) is 0 Å². The number of nitrogens with one attached hydrogen (secondary N) is 1. The average molecular weight is 213 g/mol. The lowest BCUT2D eigenvalue weighted by molar-refractivity contribution is -0.127. The summed E-state index contributed by atoms with van der Waals surface area (Å²) in [6.45, 7) is 11.2. The Morgan fingerprint density at radius 3 is 1.93 bits per heavy atom. The van der Waals surface area contributed by atoms with Gasteiger partial charge >= 0.3 is 0 Å². The molecule has 1 N–H and O–H groups in total. The normalized spacial score (nSPS) is 13.8. The molecule has 0 aromatic heterocycles. The maximum Gasteiger partial charge on any atom is 0.217 e. The van der Waals surface area contributed by atoms with E-state index in [4.69, 9.17) is 0 Å². The van der Waals surface area contributed by atoms with Crippen molar-refractivity contribution in [3.05, 3.63) is 0 Å². The number of hydrogen-bond acceptors (Lipinski definition) is 2. The monoisotopic (exact) mass is 213 g/mol. The van der Waals surface area contributed by atoms with E-state index in [-0.39, 0.29) is 29.1 Å². The molecule has 0 saturated heterocycles. The molecule has 0 heterocycles. The fourth-order valence-corrected chi connectivity index (χ4v) is 1.22. The highest BCUT2D eigenvalue weighted by Gasteiger charge is 2.26. The second-order valence-corrected chi connectivity index (χ2v) is 5.43. The van der Waals surface area contributed by atoms with Crippen molar-refractivity contribution in [3.63, 3.8) is 0 Å². The Labute approximate surface area is 92.6 Å². The second kappa shape index (κ2) is 5.29. The maximum absolute atomic E-state index is 11.8. The van der Waals surface area contributed by atoms with Gasteiger partial charge < -0.3 is 5.32 Å². The minimum Gasteiger partial charge on any atom is -0.353 e. The first kappa shape index (κ1) is 14.1. The van der Waals surface area contributed by atoms with Crippen LogP contribution >= 0.6 is 0 Å². The quantitative estimate of drug-likeness (QED) is 0.777. The van der Waals surface area contributed by atoms with Crippen LogP contribution in [0.3, 0.4) is 0 Å². The van der Waals surface area contributed by atoms with Gasteiger partial charge in [-0.05, 0) is 5.92 Å². The van der Waals surface area contributed by atoms with E-state index in [1.54, 1.807) is 0 Å². The Bertz CT molecular complexity index is 238. The molecule has 3 heteroatoms. The van der Waals surface area contributed by atoms with E-state index in [9.17, 15) is 9.59 Å². The van der Waals surface area contributed by atoms with Gasteiger partial charge in [0.1, 0.15) is 5.78 Å². The maximum atomic E-state index is 11.8. The zero-order valence-electron chi connectivity index (χ0n) is 10.7. The summed E-state index contributed by atoms with van der Waals surface area (Å²) in [5.74, 6) is 0.394. The van der Waals surface area contributed by atoms with Crippen LogP contribution in [0.5, 0.6) is 0 Å². The van der Waals surface area contributed by atoms with E-state index >= 15 is 0 Å². The molecule has 0 aliphatic carbocycles. The summed E-state index contributed by atoms with van der Waals surface area (Å²) in [5.41, 5.74) is -0.328. The molecule has 0 aromatic carbocycles. The SMILES string of the molecule is CC(=O)N[C@H](CC(=O)C(C)(C)C)C(C)C. The Morgan fingerprint density at radius 1 is 1.20 bits per heavy atom. The molecule has 88 valence electrons. The molecule has 0 aliphatic heterocycles. The van der Waals surface area contributed by atoms with Crippen LogP contribution in [-0.4, -0.2) is 17.7 Å². The first-order valence-corrected chi connectivity index (χ1v) is 5.45. The number of amides is 1. The average Bonchev–Trinajstić information content (AvgIpc) is 1.99. The van der Waals surface area contributed by atoms with Crippen LogP contribution in [0.1, 0.15) is 48.0 Å². The highest BCUT2D eigenvalue weighted by Crippen LogP contribution is 2.19. The minimum absolute atomic E-state index is 0.0470. The predicted octanol–water partition coefficient (Wildman–Crippen LogP) is 2.15. The van der Waals surface area contributed by atoms with Gasteiger partial charge in [0.05, 0.1) is 0 Å². The van der Waals surface area contributed by atoms with E-state index in [2.05, 4.69) is 5.32 Å². The number of Topliss-reactive ketones (excluding diaryl/α,β-unsaturated/α-hetero) is 1. The van der Waals surface area contributed by atoms with Gasteiger partial charge in [0, 0.05) is 24.8 Å². The smallest absolute Gasteiger partial charge is 0.217 e. The molecule has 0 fully saturated rings. The van der Waals surface area contributed by atoms with Crippen LogP contribution in [0.4, 0.5) is 0 Å². The lowest BCUT2D eigenvalue weighted by Crippen LogP contribution is -2.40. The number of carbonyl (C=O) groups is 2. The first-order valence-electron chi connectivity index (χ1n) is 5.45. The Morgan fingerprint density at radius 2 is 1.67 bits per heavy atom. The van der Waals surface area contributed by atoms with Crippen molar-refractivity contribution >= 4 is 11.7 Å². The zero-order chi connectivity index (χ0) is 12.2. The molecule has 0 aliphatic rings. The fraction of sp³-hybridized carbons (Fsp3) is 0.833. The lowest BCUT2D eigenvalue weighted by atomic mass is 9.85. The topological polar surface area (TPSA) is 46.2 Å². The number of hydrogen-bond donors (Lipinski definition) is 1. The molecule has 0 saturated carbocycles. The third-order valence-corrected chi connectivity index (χ3v) is 2.44. The van der Waals surface area contributed by atoms with Gasteiger partial charge in [-0.15, -0.1) is 0 Å². The van der Waals surface area contributed by atoms with Crippen molar-refractivity contribution in [2.45, 2.75) is 54.0 Å². The number of carbonyl (C=O) groups excluding carboxylic acids is 2. The van der Waals surface area contributed by atoms with E-state index in [1.165, 1.54) is 6.92 Å². The van der Waals surface area contributed by atoms with Gasteiger partial charge in [-0.1, -0.05) is 34.6 Å². The summed E-state index contributed by atoms with van der Waals surface area (Å²) in [5, 5.41) is 2.82. The predicted molar refractivity (Wildman–Crippen MR) is 61.5 cm³/mol. The van der Waals surface area contributed by atoms with Gasteiger partial charge in [-0.25, -0.2) is 0 Å². The van der Waals surface area contributed by atoms with Crippen molar-refractivity contribution in [3.8, 4) is 0 Å². The Hall–Kier alpha value is -0.860. The summed E-state index contributed by atoms with van der Waals surface area (Å²) in [6.07, 6.45) is 0.417. The third kappa shape index (κ3) is 5.55. The molecule has 1 amide bonds. The molecular formula is C12H23NO2. The summed E-state index contributed by atoms with van der Waals surface area (Å²) >= 11 is 0. The molecule has 0 radical (unpaired) electrons. The molecule has 0 bridgehead atoms. The zero-order valence-corrected chi connectivity index (χ0v) is 10.7. The van der Waals surface area contributed by atoms with Gasteiger partial charge in [0.25, 0.3) is 0 Å². The third-order valence-electron chi connectivity index (χ3n) is 2.44. The summed E-state index contributed by atoms with van der Waals surface area (Å²) in [4.78, 5) is 22.8. The fourth-order valence-electron chi connectivity index (χ4n) is 1.22. The van der Waals surface area contributed by atoms with Crippen LogP contribution < -0.4 is 5.32 Å². The number of rotatable bonds is 4. The Kier molecular flexibility index (Phi) is 4.98. The summed E-state index contributed by atoms with van der Waals surface area (Å²) in [7, 11) is 0. The number of ketones is 1. The second-order valence-electron chi connectivity index (χ2n) is 5.43. The molecular weight excluding hydrogens is 190 g/mol. The van der Waals surface area contributed by atoms with Gasteiger partial charge in [-0.2, -0.15) is 0 Å². The first-order chi connectivity index (χ1) is 6.64. The van der Waals surface area contributed by atoms with Crippen molar-refractivity contribution in [1.82, 2.24) is 5.32 Å². The van der Waals surface area contributed by atoms with E-state index in [0.717, 1.165) is 0 Å². The van der Waals surface area contributed by atoms with Crippen LogP contribution in [0.25, 0.3) is 0 Å². The van der Waals surface area contributed by atoms with Crippen molar-refractivity contribution < 1.29 is 9.59 Å². The lowest BCUT2D eigenvalue weighted by Gasteiger charge is -2.25. The van der Waals surface area contributed by atoms with Crippen LogP contribution in [0.15, 0.2) is 0 Å². The van der Waals surface area contributed by atoms with Crippen LogP contribution in [0, 0.1) is 11.3 Å². The highest BCUT2D eigenvalue weighted by atomic mass is 16.1. The van der Waals surface area contributed by atoms with Crippen molar-refractivity contribution in [2.75, 3.05) is 0 Å². The molecule has 0 unspecified atom stereocenters. The van der Waals surface area contributed by atoms with E-state index < -0.39 is 0 Å². The van der Waals surface area contributed by atoms with Crippen LogP contribution in [-0.2, 0) is 9.59 Å². The Balaban J connectivity index is 4.42. The largest absolute Gasteiger partial charge is 0.353 e. The highest BCUT2D eigenvalue weighted by molar-refractivity contribution is 5.85. The molecule has 15 heavy (non-hydrogen) atoms. The van der Waals surface area contributed by atoms with E-state index in [1.807, 2.05) is 34.6 Å². The van der Waals surface area contributed by atoms with Crippen LogP contribution in [0.2, 0.25) is 0 Å². The van der Waals surface area contributed by atoms with Crippen molar-refractivity contribution in [1.29, 1.82) is 0 Å². The molecule has 0 aromatic rings. The molecule has 1 atom stereocenters. The minimum atomic E-state index is -0.328. The summed E-state index contributed by atoms with van der Waals surface area (Å²) in [6, 6.07) is -0.0470. The van der Waals surface area contributed by atoms with Crippen molar-refractivity contribution in [2.24, 2.45) is 11.3 Å². The summed E-state index contributed by atoms with van der Waals surface area (Å²) < 4.78 is 0. The van der Waals surface area contributed by atoms with Gasteiger partial charge in [-0.3, -0.25) is 9.59 Å². The van der Waals surface area contributed by atoms with Gasteiger partial charge in [0.2, 0.25) is 5.91 Å². The molecule has 0 rings (SSSR count). The standard InChI is InChI=1S/C12H23NO2/c1-8(2)10(13-9(3)14)7-11(15)12(4,5)6/h8,10H,7H2,1-6H3,(H,13,14)/t10-/m1/s1. The van der Waals surface area contributed by atoms with E-state index in [0.29, 0.717) is 6.42 Å².